The fourth-order valence-corrected chi connectivity index (χ4v) is 3.89. The normalized spacial score (nSPS) is 15.8. The summed E-state index contributed by atoms with van der Waals surface area (Å²) in [5.41, 5.74) is 2.16. The van der Waals surface area contributed by atoms with Gasteiger partial charge in [-0.2, -0.15) is 5.10 Å². The topological polar surface area (TPSA) is 136 Å². The highest BCUT2D eigenvalue weighted by Gasteiger charge is 2.34. The van der Waals surface area contributed by atoms with Crippen molar-refractivity contribution in [2.45, 2.75) is 24.3 Å². The maximum atomic E-state index is 13.3. The lowest BCUT2D eigenvalue weighted by Crippen LogP contribution is -2.35. The monoisotopic (exact) mass is 443 g/mol. The molecule has 2 aromatic carbocycles. The maximum Gasteiger partial charge on any atom is 0.249 e. The zero-order valence-electron chi connectivity index (χ0n) is 16.3. The average Bonchev–Trinajstić information content (AvgIpc) is 3.04. The van der Waals surface area contributed by atoms with Crippen molar-refractivity contribution in [3.8, 4) is 11.3 Å². The first-order valence-corrected chi connectivity index (χ1v) is 10.8. The number of fused-ring (bicyclic) bond motifs is 1. The Morgan fingerprint density at radius 3 is 2.45 bits per heavy atom. The van der Waals surface area contributed by atoms with Gasteiger partial charge in [-0.05, 0) is 55.5 Å². The summed E-state index contributed by atoms with van der Waals surface area (Å²) < 4.78 is 37.4. The van der Waals surface area contributed by atoms with E-state index in [-0.39, 0.29) is 23.0 Å². The van der Waals surface area contributed by atoms with E-state index in [2.05, 4.69) is 15.7 Å². The molecule has 1 aromatic heterocycles. The minimum Gasteiger partial charge on any atom is -0.324 e. The zero-order chi connectivity index (χ0) is 22.3. The highest BCUT2D eigenvalue weighted by atomic mass is 32.2. The van der Waals surface area contributed by atoms with Crippen LogP contribution < -0.4 is 15.8 Å². The quantitative estimate of drug-likeness (QED) is 0.568. The second kappa shape index (κ2) is 7.60. The molecule has 3 aromatic rings. The number of anilines is 2. The largest absolute Gasteiger partial charge is 0.324 e. The lowest BCUT2D eigenvalue weighted by Gasteiger charge is -2.24. The smallest absolute Gasteiger partial charge is 0.249 e. The molecule has 1 unspecified atom stereocenters. The average molecular weight is 443 g/mol. The summed E-state index contributed by atoms with van der Waals surface area (Å²) in [6.07, 6.45) is -0.127. The summed E-state index contributed by atoms with van der Waals surface area (Å²) in [6.45, 7) is 1.75. The Kier molecular flexibility index (Phi) is 5.07. The molecule has 160 valence electrons. The molecule has 1 aliphatic heterocycles. The number of halogens is 1. The van der Waals surface area contributed by atoms with E-state index < -0.39 is 22.0 Å². The molecule has 2 amide bonds. The summed E-state index contributed by atoms with van der Waals surface area (Å²) in [6, 6.07) is 10.2. The Balaban J connectivity index is 1.64. The van der Waals surface area contributed by atoms with Crippen LogP contribution in [0.4, 0.5) is 15.9 Å². The Morgan fingerprint density at radius 1 is 1.19 bits per heavy atom. The van der Waals surface area contributed by atoms with Gasteiger partial charge < -0.3 is 10.6 Å². The van der Waals surface area contributed by atoms with Crippen LogP contribution in [0, 0.1) is 12.7 Å². The molecule has 0 radical (unpaired) electrons. The summed E-state index contributed by atoms with van der Waals surface area (Å²) in [5, 5.41) is 15.0. The van der Waals surface area contributed by atoms with Crippen LogP contribution in [-0.2, 0) is 19.6 Å². The molecule has 9 nitrogen and oxygen atoms in total. The van der Waals surface area contributed by atoms with Crippen LogP contribution >= 0.6 is 0 Å². The number of carbonyl (C=O) groups is 2. The molecule has 0 saturated heterocycles. The summed E-state index contributed by atoms with van der Waals surface area (Å²) in [5.74, 6) is -0.830. The van der Waals surface area contributed by atoms with Crippen molar-refractivity contribution >= 4 is 33.3 Å². The van der Waals surface area contributed by atoms with E-state index in [1.165, 1.54) is 41.1 Å². The number of primary sulfonamides is 1. The third-order valence-corrected chi connectivity index (χ3v) is 5.88. The minimum atomic E-state index is -3.85. The van der Waals surface area contributed by atoms with Crippen LogP contribution in [0.3, 0.4) is 0 Å². The van der Waals surface area contributed by atoms with E-state index in [1.807, 2.05) is 0 Å². The molecule has 4 rings (SSSR count). The molecule has 0 bridgehead atoms. The van der Waals surface area contributed by atoms with E-state index in [4.69, 9.17) is 5.14 Å². The Bertz CT molecular complexity index is 1280. The lowest BCUT2D eigenvalue weighted by molar-refractivity contribution is -0.125. The Hall–Kier alpha value is -3.57. The number of nitrogens with one attached hydrogen (secondary N) is 2. The molecule has 1 aliphatic rings. The van der Waals surface area contributed by atoms with Gasteiger partial charge in [0.2, 0.25) is 21.8 Å². The maximum absolute atomic E-state index is 13.3. The Labute approximate surface area is 177 Å². The van der Waals surface area contributed by atoms with E-state index in [9.17, 15) is 22.4 Å². The first kappa shape index (κ1) is 20.7. The van der Waals surface area contributed by atoms with Gasteiger partial charge >= 0.3 is 0 Å². The van der Waals surface area contributed by atoms with Crippen LogP contribution in [0.15, 0.2) is 53.4 Å². The molecule has 2 heterocycles. The van der Waals surface area contributed by atoms with Crippen molar-refractivity contribution in [3.05, 3.63) is 59.9 Å². The van der Waals surface area contributed by atoms with Gasteiger partial charge in [-0.3, -0.25) is 9.59 Å². The van der Waals surface area contributed by atoms with Crippen LogP contribution in [0.5, 0.6) is 0 Å². The van der Waals surface area contributed by atoms with E-state index >= 15 is 0 Å². The third kappa shape index (κ3) is 4.05. The van der Waals surface area contributed by atoms with Crippen molar-refractivity contribution in [3.63, 3.8) is 0 Å². The van der Waals surface area contributed by atoms with Gasteiger partial charge in [-0.1, -0.05) is 0 Å². The number of aromatic nitrogens is 2. The second-order valence-electron chi connectivity index (χ2n) is 7.10. The summed E-state index contributed by atoms with van der Waals surface area (Å²) in [4.78, 5) is 25.1. The number of benzene rings is 2. The highest BCUT2D eigenvalue weighted by Crippen LogP contribution is 2.34. The van der Waals surface area contributed by atoms with Crippen molar-refractivity contribution < 1.29 is 22.4 Å². The predicted octanol–water partition coefficient (Wildman–Crippen LogP) is 2.17. The molecular weight excluding hydrogens is 425 g/mol. The zero-order valence-corrected chi connectivity index (χ0v) is 17.1. The highest BCUT2D eigenvalue weighted by molar-refractivity contribution is 7.89. The number of carbonyl (C=O) groups excluding carboxylic acids is 2. The van der Waals surface area contributed by atoms with Crippen LogP contribution in [0.2, 0.25) is 0 Å². The van der Waals surface area contributed by atoms with E-state index in [0.717, 1.165) is 0 Å². The molecular formula is C20H18FN5O4S. The SMILES string of the molecule is Cc1c(-c2ccc(F)cc2)nn2c1NC(=O)CC2C(=O)Nc1ccc(S(N)(=O)=O)cc1. The molecule has 4 N–H and O–H groups in total. The first-order valence-electron chi connectivity index (χ1n) is 9.22. The van der Waals surface area contributed by atoms with Crippen molar-refractivity contribution in [2.75, 3.05) is 10.6 Å². The number of nitrogens with two attached hydrogens (primary N) is 1. The number of sulfonamides is 1. The van der Waals surface area contributed by atoms with E-state index in [1.54, 1.807) is 19.1 Å². The standard InChI is InChI=1S/C20H18FN5O4S/c1-11-18(12-2-4-13(21)5-3-12)25-26-16(10-17(27)24-19(11)26)20(28)23-14-6-8-15(9-7-14)31(22,29)30/h2-9,16H,10H2,1H3,(H,23,28)(H,24,27)(H2,22,29,30). The second-order valence-corrected chi connectivity index (χ2v) is 8.66. The Morgan fingerprint density at radius 2 is 1.84 bits per heavy atom. The molecule has 0 spiro atoms. The molecule has 0 aliphatic carbocycles. The minimum absolute atomic E-state index is 0.0866. The van der Waals surface area contributed by atoms with Crippen LogP contribution in [0.1, 0.15) is 18.0 Å². The number of nitrogens with zero attached hydrogens (tertiary/aromatic N) is 2. The van der Waals surface area contributed by atoms with Gasteiger partial charge in [-0.15, -0.1) is 0 Å². The molecule has 0 fully saturated rings. The van der Waals surface area contributed by atoms with Gasteiger partial charge in [0.15, 0.2) is 0 Å². The summed E-state index contributed by atoms with van der Waals surface area (Å²) in [7, 11) is -3.85. The van der Waals surface area contributed by atoms with Gasteiger partial charge in [0, 0.05) is 16.8 Å². The van der Waals surface area contributed by atoms with Crippen LogP contribution in [0.25, 0.3) is 11.3 Å². The summed E-state index contributed by atoms with van der Waals surface area (Å²) >= 11 is 0. The number of hydrogen-bond acceptors (Lipinski definition) is 5. The number of amides is 2. The van der Waals surface area contributed by atoms with Gasteiger partial charge in [-0.25, -0.2) is 22.6 Å². The van der Waals surface area contributed by atoms with Crippen molar-refractivity contribution in [2.24, 2.45) is 5.14 Å². The fourth-order valence-electron chi connectivity index (χ4n) is 3.38. The van der Waals surface area contributed by atoms with Gasteiger partial charge in [0.05, 0.1) is 17.0 Å². The third-order valence-electron chi connectivity index (χ3n) is 4.95. The van der Waals surface area contributed by atoms with Crippen molar-refractivity contribution in [1.82, 2.24) is 9.78 Å². The molecule has 31 heavy (non-hydrogen) atoms. The van der Waals surface area contributed by atoms with Crippen LogP contribution in [-0.4, -0.2) is 30.0 Å². The van der Waals surface area contributed by atoms with E-state index in [0.29, 0.717) is 28.3 Å². The van der Waals surface area contributed by atoms with Gasteiger partial charge in [0.25, 0.3) is 0 Å². The number of hydrogen-bond donors (Lipinski definition) is 3. The number of rotatable bonds is 4. The predicted molar refractivity (Wildman–Crippen MR) is 111 cm³/mol. The van der Waals surface area contributed by atoms with Gasteiger partial charge in [0.1, 0.15) is 17.7 Å². The van der Waals surface area contributed by atoms with Crippen molar-refractivity contribution in [1.29, 1.82) is 0 Å². The molecule has 11 heteroatoms. The lowest BCUT2D eigenvalue weighted by atomic mass is 10.1. The first-order chi connectivity index (χ1) is 14.6. The molecule has 0 saturated carbocycles. The molecule has 1 atom stereocenters. The fraction of sp³-hybridized carbons (Fsp3) is 0.150.